The topological polar surface area (TPSA) is 110 Å². The first-order valence-electron chi connectivity index (χ1n) is 4.88. The van der Waals surface area contributed by atoms with E-state index in [9.17, 15) is 5.11 Å². The number of nitrogens with two attached hydrogens (primary N) is 2. The highest BCUT2D eigenvalue weighted by Gasteiger charge is 2.07. The number of anilines is 2. The summed E-state index contributed by atoms with van der Waals surface area (Å²) in [5, 5.41) is 17.4. The maximum Gasteiger partial charge on any atom is 0.169 e. The fourth-order valence-electron chi connectivity index (χ4n) is 1.27. The zero-order valence-corrected chi connectivity index (χ0v) is 8.91. The number of nitrogens with zero attached hydrogens (tertiary/aromatic N) is 3. The molecule has 0 fully saturated rings. The Kier molecular flexibility index (Phi) is 2.87. The van der Waals surface area contributed by atoms with Gasteiger partial charge in [-0.25, -0.2) is 4.98 Å². The van der Waals surface area contributed by atoms with E-state index < -0.39 is 0 Å². The van der Waals surface area contributed by atoms with E-state index >= 15 is 0 Å². The van der Waals surface area contributed by atoms with Crippen LogP contribution in [-0.2, 0) is 0 Å². The lowest BCUT2D eigenvalue weighted by atomic mass is 10.3. The summed E-state index contributed by atoms with van der Waals surface area (Å²) in [6, 6.07) is 10.4. The van der Waals surface area contributed by atoms with Crippen LogP contribution in [0.2, 0.25) is 0 Å². The Labute approximate surface area is 97.6 Å². The molecule has 0 aliphatic rings. The van der Waals surface area contributed by atoms with Gasteiger partial charge in [-0.05, 0) is 12.1 Å². The van der Waals surface area contributed by atoms with Crippen LogP contribution in [0.25, 0.3) is 0 Å². The van der Waals surface area contributed by atoms with Crippen LogP contribution in [-0.4, -0.2) is 10.1 Å². The SMILES string of the molecule is Nc1cc(O)c(N=Nc2ccccc2)c(N)n1. The summed E-state index contributed by atoms with van der Waals surface area (Å²) in [5.74, 6) is 0.0375. The molecule has 1 aromatic heterocycles. The largest absolute Gasteiger partial charge is 0.505 e. The van der Waals surface area contributed by atoms with Crippen molar-refractivity contribution >= 4 is 23.0 Å². The molecule has 6 nitrogen and oxygen atoms in total. The van der Waals surface area contributed by atoms with Crippen LogP contribution >= 0.6 is 0 Å². The normalized spacial score (nSPS) is 10.8. The molecule has 2 rings (SSSR count). The predicted molar refractivity (Wildman–Crippen MR) is 65.3 cm³/mol. The number of benzene rings is 1. The molecule has 0 amide bonds. The second-order valence-electron chi connectivity index (χ2n) is 3.34. The Morgan fingerprint density at radius 1 is 1.06 bits per heavy atom. The zero-order valence-electron chi connectivity index (χ0n) is 8.91. The fraction of sp³-hybridized carbons (Fsp3) is 0. The highest BCUT2D eigenvalue weighted by atomic mass is 16.3. The van der Waals surface area contributed by atoms with E-state index in [0.29, 0.717) is 5.69 Å². The maximum absolute atomic E-state index is 9.60. The van der Waals surface area contributed by atoms with Crippen molar-refractivity contribution < 1.29 is 5.11 Å². The quantitative estimate of drug-likeness (QED) is 0.686. The summed E-state index contributed by atoms with van der Waals surface area (Å²) in [7, 11) is 0. The highest BCUT2D eigenvalue weighted by Crippen LogP contribution is 2.33. The van der Waals surface area contributed by atoms with Gasteiger partial charge in [0, 0.05) is 6.07 Å². The van der Waals surface area contributed by atoms with Crippen LogP contribution in [0.5, 0.6) is 5.75 Å². The van der Waals surface area contributed by atoms with Crippen LogP contribution in [0.4, 0.5) is 23.0 Å². The van der Waals surface area contributed by atoms with Gasteiger partial charge >= 0.3 is 0 Å². The van der Waals surface area contributed by atoms with Gasteiger partial charge in [-0.1, -0.05) is 18.2 Å². The summed E-state index contributed by atoms with van der Waals surface area (Å²) < 4.78 is 0. The number of hydrogen-bond acceptors (Lipinski definition) is 6. The first-order chi connectivity index (χ1) is 8.16. The lowest BCUT2D eigenvalue weighted by Gasteiger charge is -2.02. The van der Waals surface area contributed by atoms with Gasteiger partial charge in [0.25, 0.3) is 0 Å². The van der Waals surface area contributed by atoms with E-state index in [1.54, 1.807) is 12.1 Å². The third kappa shape index (κ3) is 2.49. The summed E-state index contributed by atoms with van der Waals surface area (Å²) in [5.41, 5.74) is 11.8. The van der Waals surface area contributed by atoms with Crippen LogP contribution < -0.4 is 11.5 Å². The van der Waals surface area contributed by atoms with E-state index in [-0.39, 0.29) is 23.1 Å². The minimum Gasteiger partial charge on any atom is -0.505 e. The number of hydrogen-bond donors (Lipinski definition) is 3. The molecule has 5 N–H and O–H groups in total. The van der Waals surface area contributed by atoms with Gasteiger partial charge in [0.15, 0.2) is 17.3 Å². The second-order valence-corrected chi connectivity index (χ2v) is 3.34. The number of aromatic hydroxyl groups is 1. The first kappa shape index (κ1) is 10.9. The smallest absolute Gasteiger partial charge is 0.169 e. The third-order valence-electron chi connectivity index (χ3n) is 2.04. The van der Waals surface area contributed by atoms with Crippen molar-refractivity contribution in [3.05, 3.63) is 36.4 Å². The predicted octanol–water partition coefficient (Wildman–Crippen LogP) is 2.37. The van der Waals surface area contributed by atoms with Crippen molar-refractivity contribution in [2.75, 3.05) is 11.5 Å². The Morgan fingerprint density at radius 2 is 1.76 bits per heavy atom. The van der Waals surface area contributed by atoms with Gasteiger partial charge in [0.05, 0.1) is 5.69 Å². The summed E-state index contributed by atoms with van der Waals surface area (Å²) in [6.07, 6.45) is 0. The van der Waals surface area contributed by atoms with E-state index in [1.807, 2.05) is 18.2 Å². The van der Waals surface area contributed by atoms with Gasteiger partial charge in [-0.15, -0.1) is 5.11 Å². The van der Waals surface area contributed by atoms with Gasteiger partial charge in [-0.2, -0.15) is 5.11 Å². The van der Waals surface area contributed by atoms with Crippen molar-refractivity contribution in [1.82, 2.24) is 4.98 Å². The summed E-state index contributed by atoms with van der Waals surface area (Å²) >= 11 is 0. The zero-order chi connectivity index (χ0) is 12.3. The number of rotatable bonds is 2. The molecule has 0 aliphatic heterocycles. The molecule has 0 saturated carbocycles. The van der Waals surface area contributed by atoms with Gasteiger partial charge in [-0.3, -0.25) is 0 Å². The molecule has 0 atom stereocenters. The molecule has 0 unspecified atom stereocenters. The molecule has 0 bridgehead atoms. The van der Waals surface area contributed by atoms with E-state index in [1.165, 1.54) is 6.07 Å². The van der Waals surface area contributed by atoms with Crippen molar-refractivity contribution in [2.45, 2.75) is 0 Å². The average molecular weight is 229 g/mol. The van der Waals surface area contributed by atoms with Crippen LogP contribution in [0.1, 0.15) is 0 Å². The molecule has 6 heteroatoms. The molecule has 17 heavy (non-hydrogen) atoms. The van der Waals surface area contributed by atoms with Crippen molar-refractivity contribution in [3.63, 3.8) is 0 Å². The molecule has 86 valence electrons. The van der Waals surface area contributed by atoms with Crippen molar-refractivity contribution in [3.8, 4) is 5.75 Å². The second kappa shape index (κ2) is 4.48. The molecule has 0 spiro atoms. The van der Waals surface area contributed by atoms with Crippen molar-refractivity contribution in [2.24, 2.45) is 10.2 Å². The van der Waals surface area contributed by atoms with Gasteiger partial charge < -0.3 is 16.6 Å². The summed E-state index contributed by atoms with van der Waals surface area (Å²) in [4.78, 5) is 3.79. The fourth-order valence-corrected chi connectivity index (χ4v) is 1.27. The number of azo groups is 1. The molecule has 0 radical (unpaired) electrons. The number of nitrogen functional groups attached to an aromatic ring is 2. The minimum atomic E-state index is -0.144. The molecule has 2 aromatic rings. The standard InChI is InChI=1S/C11H11N5O/c12-9-6-8(17)10(11(13)14-9)16-15-7-4-2-1-3-5-7/h1-6H,(H5,12,13,14,17). The maximum atomic E-state index is 9.60. The lowest BCUT2D eigenvalue weighted by molar-refractivity contribution is 0.476. The van der Waals surface area contributed by atoms with E-state index in [2.05, 4.69) is 15.2 Å². The Bertz CT molecular complexity index is 530. The molecular weight excluding hydrogens is 218 g/mol. The molecule has 0 aliphatic carbocycles. The number of pyridine rings is 1. The highest BCUT2D eigenvalue weighted by molar-refractivity contribution is 5.68. The molecule has 0 saturated heterocycles. The summed E-state index contributed by atoms with van der Waals surface area (Å²) in [6.45, 7) is 0. The average Bonchev–Trinajstić information content (AvgIpc) is 2.29. The molecule has 1 aromatic carbocycles. The Morgan fingerprint density at radius 3 is 2.41 bits per heavy atom. The van der Waals surface area contributed by atoms with Crippen molar-refractivity contribution in [1.29, 1.82) is 0 Å². The molecule has 1 heterocycles. The van der Waals surface area contributed by atoms with E-state index in [0.717, 1.165) is 0 Å². The Balaban J connectivity index is 2.34. The first-order valence-corrected chi connectivity index (χ1v) is 4.88. The monoisotopic (exact) mass is 229 g/mol. The van der Waals surface area contributed by atoms with Crippen LogP contribution in [0.15, 0.2) is 46.6 Å². The van der Waals surface area contributed by atoms with Gasteiger partial charge in [0.1, 0.15) is 5.82 Å². The lowest BCUT2D eigenvalue weighted by Crippen LogP contribution is -1.95. The Hall–Kier alpha value is -2.63. The van der Waals surface area contributed by atoms with Gasteiger partial charge in [0.2, 0.25) is 0 Å². The van der Waals surface area contributed by atoms with Crippen LogP contribution in [0.3, 0.4) is 0 Å². The van der Waals surface area contributed by atoms with Crippen LogP contribution in [0, 0.1) is 0 Å². The third-order valence-corrected chi connectivity index (χ3v) is 2.04. The molecular formula is C11H11N5O. The van der Waals surface area contributed by atoms with E-state index in [4.69, 9.17) is 11.5 Å². The number of aromatic nitrogens is 1. The minimum absolute atomic E-state index is 0.0437.